The highest BCUT2D eigenvalue weighted by atomic mass is 32.2. The Morgan fingerprint density at radius 2 is 1.90 bits per heavy atom. The molecule has 0 bridgehead atoms. The number of aliphatic hydroxyl groups excluding tert-OH is 1. The van der Waals surface area contributed by atoms with Crippen LogP contribution in [0.4, 0.5) is 5.69 Å². The lowest BCUT2D eigenvalue weighted by Gasteiger charge is -2.11. The maximum atomic E-state index is 12.9. The van der Waals surface area contributed by atoms with Crippen LogP contribution in [0.3, 0.4) is 0 Å². The van der Waals surface area contributed by atoms with E-state index in [0.29, 0.717) is 38.5 Å². The number of fused-ring (bicyclic) bond motifs is 1. The molecule has 2 heterocycles. The molecule has 4 aromatic rings. The van der Waals surface area contributed by atoms with Gasteiger partial charge >= 0.3 is 0 Å². The molecule has 0 amide bonds. The van der Waals surface area contributed by atoms with Crippen LogP contribution in [0.1, 0.15) is 5.82 Å². The van der Waals surface area contributed by atoms with Crippen LogP contribution >= 0.6 is 23.1 Å². The summed E-state index contributed by atoms with van der Waals surface area (Å²) in [4.78, 5) is 17.3. The molecule has 0 aliphatic heterocycles. The number of aromatic nitrogens is 4. The molecule has 2 N–H and O–H groups in total. The van der Waals surface area contributed by atoms with E-state index in [9.17, 15) is 9.90 Å². The van der Waals surface area contributed by atoms with Crippen molar-refractivity contribution >= 4 is 39.7 Å². The smallest absolute Gasteiger partial charge is 0.267 e. The van der Waals surface area contributed by atoms with Gasteiger partial charge in [-0.3, -0.25) is 4.79 Å². The van der Waals surface area contributed by atoms with Gasteiger partial charge in [-0.05, 0) is 31.2 Å². The molecule has 0 saturated carbocycles. The first-order valence-corrected chi connectivity index (χ1v) is 10.8. The van der Waals surface area contributed by atoms with E-state index in [1.807, 2.05) is 48.5 Å². The number of nitrogens with zero attached hydrogens (tertiary/aromatic N) is 4. The van der Waals surface area contributed by atoms with Gasteiger partial charge in [0.05, 0.1) is 17.0 Å². The summed E-state index contributed by atoms with van der Waals surface area (Å²) in [5, 5.41) is 22.7. The molecule has 0 saturated heterocycles. The summed E-state index contributed by atoms with van der Waals surface area (Å²) < 4.78 is 2.18. The molecule has 1 unspecified atom stereocenters. The van der Waals surface area contributed by atoms with Gasteiger partial charge in [-0.2, -0.15) is 0 Å². The van der Waals surface area contributed by atoms with E-state index in [2.05, 4.69) is 20.5 Å². The summed E-state index contributed by atoms with van der Waals surface area (Å²) >= 11 is 2.73. The van der Waals surface area contributed by atoms with Gasteiger partial charge in [0.25, 0.3) is 5.56 Å². The SMILES string of the molecule is Cc1nc2ccccc2c(=O)n1-c1nnc(SCC(O)CNc2ccccc2)s1. The van der Waals surface area contributed by atoms with Crippen molar-refractivity contribution in [3.05, 3.63) is 70.8 Å². The molecule has 0 aliphatic carbocycles. The quantitative estimate of drug-likeness (QED) is 0.440. The second kappa shape index (κ2) is 8.73. The first kappa shape index (κ1) is 19.6. The molecule has 2 aromatic carbocycles. The number of aryl methyl sites for hydroxylation is 1. The third-order valence-electron chi connectivity index (χ3n) is 4.25. The molecule has 29 heavy (non-hydrogen) atoms. The van der Waals surface area contributed by atoms with E-state index < -0.39 is 6.10 Å². The molecule has 4 rings (SSSR count). The summed E-state index contributed by atoms with van der Waals surface area (Å²) in [6, 6.07) is 17.0. The lowest BCUT2D eigenvalue weighted by atomic mass is 10.2. The number of hydrogen-bond acceptors (Lipinski definition) is 8. The number of aliphatic hydroxyl groups is 1. The number of anilines is 1. The van der Waals surface area contributed by atoms with Crippen LogP contribution < -0.4 is 10.9 Å². The first-order valence-electron chi connectivity index (χ1n) is 9.04. The van der Waals surface area contributed by atoms with E-state index in [4.69, 9.17) is 0 Å². The molecular weight excluding hydrogens is 406 g/mol. The van der Waals surface area contributed by atoms with Gasteiger partial charge in [-0.15, -0.1) is 10.2 Å². The highest BCUT2D eigenvalue weighted by molar-refractivity contribution is 8.01. The third kappa shape index (κ3) is 4.47. The summed E-state index contributed by atoms with van der Waals surface area (Å²) in [6.45, 7) is 2.22. The van der Waals surface area contributed by atoms with E-state index in [1.165, 1.54) is 27.7 Å². The summed E-state index contributed by atoms with van der Waals surface area (Å²) in [6.07, 6.45) is -0.542. The van der Waals surface area contributed by atoms with Crippen molar-refractivity contribution in [3.8, 4) is 5.13 Å². The average molecular weight is 426 g/mol. The van der Waals surface area contributed by atoms with Crippen LogP contribution in [0.5, 0.6) is 0 Å². The maximum absolute atomic E-state index is 12.9. The highest BCUT2D eigenvalue weighted by Gasteiger charge is 2.15. The zero-order chi connectivity index (χ0) is 20.2. The van der Waals surface area contributed by atoms with Gasteiger partial charge < -0.3 is 10.4 Å². The highest BCUT2D eigenvalue weighted by Crippen LogP contribution is 2.25. The molecule has 0 spiro atoms. The molecule has 0 fully saturated rings. The van der Waals surface area contributed by atoms with E-state index in [0.717, 1.165) is 5.69 Å². The number of thioether (sulfide) groups is 1. The fourth-order valence-corrected chi connectivity index (χ4v) is 4.68. The Bertz CT molecular complexity index is 1180. The Hall–Kier alpha value is -2.75. The second-order valence-corrected chi connectivity index (χ2v) is 8.60. The Labute approximate surface area is 175 Å². The molecule has 2 aromatic heterocycles. The fraction of sp³-hybridized carbons (Fsp3) is 0.200. The minimum absolute atomic E-state index is 0.159. The third-order valence-corrected chi connectivity index (χ3v) is 6.43. The summed E-state index contributed by atoms with van der Waals surface area (Å²) in [7, 11) is 0. The van der Waals surface area contributed by atoms with Crippen molar-refractivity contribution in [2.45, 2.75) is 17.4 Å². The predicted molar refractivity (Wildman–Crippen MR) is 117 cm³/mol. The number of para-hydroxylation sites is 2. The Morgan fingerprint density at radius 1 is 1.14 bits per heavy atom. The van der Waals surface area contributed by atoms with Crippen molar-refractivity contribution in [2.24, 2.45) is 0 Å². The van der Waals surface area contributed by atoms with Crippen LogP contribution in [0, 0.1) is 6.92 Å². The largest absolute Gasteiger partial charge is 0.390 e. The molecule has 9 heteroatoms. The van der Waals surface area contributed by atoms with Gasteiger partial charge in [0, 0.05) is 18.0 Å². The lowest BCUT2D eigenvalue weighted by Crippen LogP contribution is -2.22. The number of nitrogens with one attached hydrogen (secondary N) is 1. The Balaban J connectivity index is 1.44. The topological polar surface area (TPSA) is 92.9 Å². The van der Waals surface area contributed by atoms with Crippen molar-refractivity contribution in [1.29, 1.82) is 0 Å². The van der Waals surface area contributed by atoms with Gasteiger partial charge in [0.2, 0.25) is 5.13 Å². The Kier molecular flexibility index (Phi) is 5.89. The average Bonchev–Trinajstić information content (AvgIpc) is 3.20. The first-order chi connectivity index (χ1) is 14.1. The number of rotatable bonds is 7. The second-order valence-electron chi connectivity index (χ2n) is 6.38. The number of benzene rings is 2. The molecule has 7 nitrogen and oxygen atoms in total. The normalized spacial score (nSPS) is 12.2. The summed E-state index contributed by atoms with van der Waals surface area (Å²) in [5.41, 5.74) is 1.47. The van der Waals surface area contributed by atoms with Crippen molar-refractivity contribution in [3.63, 3.8) is 0 Å². The standard InChI is InChI=1S/C20H19N5O2S2/c1-13-22-17-10-6-5-9-16(17)18(27)25(13)19-23-24-20(29-19)28-12-15(26)11-21-14-7-3-2-4-8-14/h2-10,15,21,26H,11-12H2,1H3. The van der Waals surface area contributed by atoms with Gasteiger partial charge in [-0.1, -0.05) is 53.4 Å². The molecular formula is C20H19N5O2S2. The van der Waals surface area contributed by atoms with Crippen LogP contribution in [0.2, 0.25) is 0 Å². The van der Waals surface area contributed by atoms with Crippen LogP contribution in [-0.4, -0.2) is 43.3 Å². The molecule has 0 aliphatic rings. The van der Waals surface area contributed by atoms with Gasteiger partial charge in [0.1, 0.15) is 5.82 Å². The van der Waals surface area contributed by atoms with Crippen LogP contribution in [0.25, 0.3) is 16.0 Å². The van der Waals surface area contributed by atoms with Crippen LogP contribution in [0.15, 0.2) is 63.7 Å². The molecule has 1 atom stereocenters. The maximum Gasteiger partial charge on any atom is 0.267 e. The minimum Gasteiger partial charge on any atom is -0.390 e. The predicted octanol–water partition coefficient (Wildman–Crippen LogP) is 3.11. The van der Waals surface area contributed by atoms with E-state index >= 15 is 0 Å². The van der Waals surface area contributed by atoms with E-state index in [-0.39, 0.29) is 5.56 Å². The minimum atomic E-state index is -0.542. The van der Waals surface area contributed by atoms with E-state index in [1.54, 1.807) is 13.0 Å². The monoisotopic (exact) mass is 425 g/mol. The fourth-order valence-electron chi connectivity index (χ4n) is 2.84. The molecule has 148 valence electrons. The van der Waals surface area contributed by atoms with Crippen molar-refractivity contribution in [1.82, 2.24) is 19.7 Å². The lowest BCUT2D eigenvalue weighted by molar-refractivity contribution is 0.213. The number of hydrogen-bond donors (Lipinski definition) is 2. The zero-order valence-electron chi connectivity index (χ0n) is 15.6. The van der Waals surface area contributed by atoms with Gasteiger partial charge in [0.15, 0.2) is 4.34 Å². The van der Waals surface area contributed by atoms with Gasteiger partial charge in [-0.25, -0.2) is 9.55 Å². The van der Waals surface area contributed by atoms with Crippen LogP contribution in [-0.2, 0) is 0 Å². The Morgan fingerprint density at radius 3 is 2.72 bits per heavy atom. The van der Waals surface area contributed by atoms with Crippen molar-refractivity contribution in [2.75, 3.05) is 17.6 Å². The zero-order valence-corrected chi connectivity index (χ0v) is 17.3. The summed E-state index contributed by atoms with van der Waals surface area (Å²) in [5.74, 6) is 1.03. The molecule has 0 radical (unpaired) electrons. The van der Waals surface area contributed by atoms with Crippen molar-refractivity contribution < 1.29 is 5.11 Å².